The molecule has 144 valence electrons. The number of hydrogen-bond donors (Lipinski definition) is 2. The topological polar surface area (TPSA) is 52.6 Å². The summed E-state index contributed by atoms with van der Waals surface area (Å²) in [6, 6.07) is 18.6. The zero-order chi connectivity index (χ0) is 19.1. The van der Waals surface area contributed by atoms with Gasteiger partial charge < -0.3 is 15.3 Å². The molecule has 0 radical (unpaired) electrons. The van der Waals surface area contributed by atoms with Crippen molar-refractivity contribution >= 4 is 5.91 Å². The molecule has 1 aliphatic rings. The first-order valence-electron chi connectivity index (χ1n) is 9.89. The Bertz CT molecular complexity index is 747. The molecule has 2 aromatic carbocycles. The quantitative estimate of drug-likeness (QED) is 0.755. The molecule has 1 aliphatic heterocycles. The summed E-state index contributed by atoms with van der Waals surface area (Å²) >= 11 is 0. The van der Waals surface area contributed by atoms with Gasteiger partial charge in [0.05, 0.1) is 0 Å². The smallest absolute Gasteiger partial charge is 0.255 e. The van der Waals surface area contributed by atoms with Crippen molar-refractivity contribution in [1.82, 2.24) is 10.2 Å². The Labute approximate surface area is 162 Å². The maximum atomic E-state index is 12.8. The van der Waals surface area contributed by atoms with E-state index >= 15 is 0 Å². The molecule has 0 spiro atoms. The maximum absolute atomic E-state index is 12.8. The van der Waals surface area contributed by atoms with Crippen molar-refractivity contribution < 1.29 is 9.90 Å². The molecule has 3 rings (SSSR count). The highest BCUT2D eigenvalue weighted by Crippen LogP contribution is 2.23. The molecule has 27 heavy (non-hydrogen) atoms. The van der Waals surface area contributed by atoms with Gasteiger partial charge in [-0.25, -0.2) is 0 Å². The van der Waals surface area contributed by atoms with Crippen molar-refractivity contribution in [2.45, 2.75) is 44.8 Å². The Balaban J connectivity index is 1.48. The molecule has 1 amide bonds. The fourth-order valence-electron chi connectivity index (χ4n) is 3.80. The van der Waals surface area contributed by atoms with E-state index in [0.29, 0.717) is 26.1 Å². The van der Waals surface area contributed by atoms with Gasteiger partial charge in [0, 0.05) is 26.2 Å². The van der Waals surface area contributed by atoms with E-state index in [0.717, 1.165) is 25.8 Å². The van der Waals surface area contributed by atoms with Crippen LogP contribution in [0.2, 0.25) is 0 Å². The van der Waals surface area contributed by atoms with Gasteiger partial charge in [-0.05, 0) is 43.7 Å². The average Bonchev–Trinajstić information content (AvgIpc) is 2.66. The van der Waals surface area contributed by atoms with Gasteiger partial charge in [0.25, 0.3) is 5.91 Å². The van der Waals surface area contributed by atoms with E-state index in [1.165, 1.54) is 16.7 Å². The van der Waals surface area contributed by atoms with Crippen LogP contribution in [0.5, 0.6) is 0 Å². The summed E-state index contributed by atoms with van der Waals surface area (Å²) in [5, 5.41) is 14.2. The second kappa shape index (κ2) is 9.16. The standard InChI is InChI=1S/C23H30N2O2/c1-19-8-5-11-21(16-19)17-24-18-23(27)13-7-15-25(22(23)26)14-6-12-20-9-3-2-4-10-20/h2-5,8-11,16,24,27H,6-7,12-15,17-18H2,1H3/t23-/m0/s1. The molecule has 0 bridgehead atoms. The molecule has 0 aromatic heterocycles. The summed E-state index contributed by atoms with van der Waals surface area (Å²) in [5.74, 6) is -0.126. The highest BCUT2D eigenvalue weighted by atomic mass is 16.3. The van der Waals surface area contributed by atoms with Gasteiger partial charge in [-0.3, -0.25) is 4.79 Å². The Morgan fingerprint density at radius 2 is 1.89 bits per heavy atom. The minimum absolute atomic E-state index is 0.126. The van der Waals surface area contributed by atoms with Crippen LogP contribution in [0, 0.1) is 6.92 Å². The van der Waals surface area contributed by atoms with E-state index in [4.69, 9.17) is 0 Å². The van der Waals surface area contributed by atoms with Crippen LogP contribution in [0.4, 0.5) is 0 Å². The third-order valence-electron chi connectivity index (χ3n) is 5.27. The lowest BCUT2D eigenvalue weighted by atomic mass is 9.91. The van der Waals surface area contributed by atoms with E-state index in [-0.39, 0.29) is 5.91 Å². The zero-order valence-corrected chi connectivity index (χ0v) is 16.2. The molecule has 0 unspecified atom stereocenters. The third-order valence-corrected chi connectivity index (χ3v) is 5.27. The number of aryl methyl sites for hydroxylation is 2. The molecular formula is C23H30N2O2. The van der Waals surface area contributed by atoms with Crippen LogP contribution < -0.4 is 5.32 Å². The van der Waals surface area contributed by atoms with E-state index in [2.05, 4.69) is 42.6 Å². The SMILES string of the molecule is Cc1cccc(CNC[C@@]2(O)CCCN(CCCc3ccccc3)C2=O)c1. The Hall–Kier alpha value is -2.17. The first-order valence-corrected chi connectivity index (χ1v) is 9.89. The van der Waals surface area contributed by atoms with E-state index in [1.54, 1.807) is 0 Å². The first kappa shape index (κ1) is 19.6. The molecule has 4 heteroatoms. The molecule has 1 fully saturated rings. The molecule has 2 aromatic rings. The van der Waals surface area contributed by atoms with E-state index < -0.39 is 5.60 Å². The van der Waals surface area contributed by atoms with E-state index in [1.807, 2.05) is 29.2 Å². The van der Waals surface area contributed by atoms with Gasteiger partial charge in [-0.1, -0.05) is 60.2 Å². The monoisotopic (exact) mass is 366 g/mol. The second-order valence-corrected chi connectivity index (χ2v) is 7.61. The summed E-state index contributed by atoms with van der Waals surface area (Å²) in [7, 11) is 0. The Morgan fingerprint density at radius 1 is 1.11 bits per heavy atom. The number of nitrogens with zero attached hydrogens (tertiary/aromatic N) is 1. The number of rotatable bonds is 8. The molecule has 1 heterocycles. The average molecular weight is 367 g/mol. The van der Waals surface area contributed by atoms with Crippen molar-refractivity contribution in [3.05, 3.63) is 71.3 Å². The Morgan fingerprint density at radius 3 is 2.67 bits per heavy atom. The van der Waals surface area contributed by atoms with Gasteiger partial charge in [0.1, 0.15) is 0 Å². The number of carbonyl (C=O) groups is 1. The number of aliphatic hydroxyl groups is 1. The molecule has 0 saturated carbocycles. The number of hydrogen-bond acceptors (Lipinski definition) is 3. The number of nitrogens with one attached hydrogen (secondary N) is 1. The summed E-state index contributed by atoms with van der Waals surface area (Å²) in [5.41, 5.74) is 2.39. The van der Waals surface area contributed by atoms with Crippen molar-refractivity contribution in [3.63, 3.8) is 0 Å². The third kappa shape index (κ3) is 5.41. The fourth-order valence-corrected chi connectivity index (χ4v) is 3.80. The Kier molecular flexibility index (Phi) is 6.64. The first-order chi connectivity index (χ1) is 13.1. The largest absolute Gasteiger partial charge is 0.379 e. The highest BCUT2D eigenvalue weighted by molar-refractivity contribution is 5.86. The predicted molar refractivity (Wildman–Crippen MR) is 108 cm³/mol. The number of likely N-dealkylation sites (tertiary alicyclic amines) is 1. The van der Waals surface area contributed by atoms with Crippen molar-refractivity contribution in [1.29, 1.82) is 0 Å². The molecule has 4 nitrogen and oxygen atoms in total. The zero-order valence-electron chi connectivity index (χ0n) is 16.2. The maximum Gasteiger partial charge on any atom is 0.255 e. The number of benzene rings is 2. The second-order valence-electron chi connectivity index (χ2n) is 7.61. The van der Waals surface area contributed by atoms with Crippen LogP contribution in [0.1, 0.15) is 36.0 Å². The molecule has 1 saturated heterocycles. The van der Waals surface area contributed by atoms with Gasteiger partial charge in [0.15, 0.2) is 5.60 Å². The lowest BCUT2D eigenvalue weighted by Crippen LogP contribution is -2.58. The van der Waals surface area contributed by atoms with Crippen LogP contribution in [-0.4, -0.2) is 41.1 Å². The molecule has 2 N–H and O–H groups in total. The van der Waals surface area contributed by atoms with Gasteiger partial charge >= 0.3 is 0 Å². The van der Waals surface area contributed by atoms with Gasteiger partial charge in [-0.2, -0.15) is 0 Å². The minimum Gasteiger partial charge on any atom is -0.379 e. The normalized spacial score (nSPS) is 20.1. The van der Waals surface area contributed by atoms with Gasteiger partial charge in [0.2, 0.25) is 0 Å². The van der Waals surface area contributed by atoms with Crippen LogP contribution in [0.15, 0.2) is 54.6 Å². The lowest BCUT2D eigenvalue weighted by molar-refractivity contribution is -0.156. The van der Waals surface area contributed by atoms with Crippen molar-refractivity contribution in [2.24, 2.45) is 0 Å². The highest BCUT2D eigenvalue weighted by Gasteiger charge is 2.41. The molecule has 0 aliphatic carbocycles. The van der Waals surface area contributed by atoms with Crippen LogP contribution in [-0.2, 0) is 17.8 Å². The van der Waals surface area contributed by atoms with Gasteiger partial charge in [-0.15, -0.1) is 0 Å². The van der Waals surface area contributed by atoms with Crippen LogP contribution in [0.3, 0.4) is 0 Å². The van der Waals surface area contributed by atoms with Crippen molar-refractivity contribution in [3.8, 4) is 0 Å². The fraction of sp³-hybridized carbons (Fsp3) is 0.435. The number of piperidine rings is 1. The number of carbonyl (C=O) groups excluding carboxylic acids is 1. The van der Waals surface area contributed by atoms with E-state index in [9.17, 15) is 9.90 Å². The van der Waals surface area contributed by atoms with Crippen LogP contribution in [0.25, 0.3) is 0 Å². The van der Waals surface area contributed by atoms with Crippen LogP contribution >= 0.6 is 0 Å². The van der Waals surface area contributed by atoms with Crippen molar-refractivity contribution in [2.75, 3.05) is 19.6 Å². The summed E-state index contributed by atoms with van der Waals surface area (Å²) in [4.78, 5) is 14.7. The predicted octanol–water partition coefficient (Wildman–Crippen LogP) is 3.07. The number of amides is 1. The molecule has 1 atom stereocenters. The lowest BCUT2D eigenvalue weighted by Gasteiger charge is -2.38. The molecular weight excluding hydrogens is 336 g/mol. The minimum atomic E-state index is -1.28. The summed E-state index contributed by atoms with van der Waals surface area (Å²) in [6.45, 7) is 4.47. The summed E-state index contributed by atoms with van der Waals surface area (Å²) < 4.78 is 0. The summed E-state index contributed by atoms with van der Waals surface area (Å²) in [6.07, 6.45) is 3.25.